The van der Waals surface area contributed by atoms with Gasteiger partial charge >= 0.3 is 0 Å². The molecule has 0 N–H and O–H groups in total. The normalized spacial score (nSPS) is 19.7. The van der Waals surface area contributed by atoms with Crippen LogP contribution in [-0.2, 0) is 19.5 Å². The minimum Gasteiger partial charge on any atom is -0.399 e. The van der Waals surface area contributed by atoms with Crippen LogP contribution in [0.5, 0.6) is 0 Å². The fraction of sp³-hybridized carbons (Fsp3) is 0.500. The second-order valence-corrected chi connectivity index (χ2v) is 10.8. The molecule has 0 saturated heterocycles. The highest BCUT2D eigenvalue weighted by atomic mass is 32.2. The number of ketones is 2. The lowest BCUT2D eigenvalue weighted by Crippen LogP contribution is -2.27. The zero-order valence-corrected chi connectivity index (χ0v) is 19.5. The van der Waals surface area contributed by atoms with Gasteiger partial charge in [-0.15, -0.1) is 11.8 Å². The Labute approximate surface area is 182 Å². The molecule has 162 valence electrons. The summed E-state index contributed by atoms with van der Waals surface area (Å²) < 4.78 is 25.5. The first-order valence-corrected chi connectivity index (χ1v) is 12.8. The predicted molar refractivity (Wildman–Crippen MR) is 119 cm³/mol. The minimum atomic E-state index is -3.48. The molecule has 0 fully saturated rings. The van der Waals surface area contributed by atoms with Gasteiger partial charge in [-0.3, -0.25) is 9.59 Å². The van der Waals surface area contributed by atoms with Gasteiger partial charge in [-0.05, 0) is 61.0 Å². The van der Waals surface area contributed by atoms with E-state index in [1.165, 1.54) is 7.11 Å². The van der Waals surface area contributed by atoms with Gasteiger partial charge in [0.25, 0.3) is 0 Å². The average Bonchev–Trinajstić information content (AvgIpc) is 2.69. The van der Waals surface area contributed by atoms with Crippen LogP contribution in [0, 0.1) is 13.8 Å². The fourth-order valence-corrected chi connectivity index (χ4v) is 7.00. The van der Waals surface area contributed by atoms with Crippen LogP contribution in [-0.4, -0.2) is 44.3 Å². The molecular formula is C22H27NO5S2. The quantitative estimate of drug-likeness (QED) is 0.368. The predicted octanol–water partition coefficient (Wildman–Crippen LogP) is 4.16. The monoisotopic (exact) mass is 449 g/mol. The van der Waals surface area contributed by atoms with E-state index in [9.17, 15) is 18.0 Å². The number of allylic oxidation sites excluding steroid dienone is 2. The number of fused-ring (bicyclic) bond motifs is 1. The van der Waals surface area contributed by atoms with Gasteiger partial charge in [0.2, 0.25) is 0 Å². The zero-order chi connectivity index (χ0) is 22.1. The van der Waals surface area contributed by atoms with Gasteiger partial charge in [0, 0.05) is 24.0 Å². The van der Waals surface area contributed by atoms with Crippen LogP contribution in [0.15, 0.2) is 26.6 Å². The molecule has 1 aromatic rings. The van der Waals surface area contributed by atoms with E-state index in [1.54, 1.807) is 31.7 Å². The molecule has 0 bridgehead atoms. The number of aryl methyl sites for hydroxylation is 1. The number of carbonyl (C=O) groups excluding carboxylic acids is 2. The maximum atomic E-state index is 13.6. The van der Waals surface area contributed by atoms with Gasteiger partial charge in [0.05, 0.1) is 21.9 Å². The number of Topliss-reactive ketones (excluding diaryl/α,β-unsaturated/α-hetero) is 2. The van der Waals surface area contributed by atoms with Gasteiger partial charge in [-0.25, -0.2) is 8.42 Å². The van der Waals surface area contributed by atoms with Crippen molar-refractivity contribution in [2.75, 3.05) is 18.6 Å². The number of hydrogen-bond acceptors (Lipinski definition) is 7. The second kappa shape index (κ2) is 9.06. The van der Waals surface area contributed by atoms with E-state index < -0.39 is 9.84 Å². The third-order valence-electron chi connectivity index (χ3n) is 5.45. The summed E-state index contributed by atoms with van der Waals surface area (Å²) >= 11 is 1.58. The third kappa shape index (κ3) is 4.12. The van der Waals surface area contributed by atoms with Crippen LogP contribution in [0.4, 0.5) is 0 Å². The molecule has 0 saturated carbocycles. The van der Waals surface area contributed by atoms with Crippen LogP contribution in [0.25, 0.3) is 0 Å². The number of oxime groups is 1. The van der Waals surface area contributed by atoms with Crippen molar-refractivity contribution in [2.24, 2.45) is 5.16 Å². The first kappa shape index (κ1) is 22.7. The highest BCUT2D eigenvalue weighted by Crippen LogP contribution is 2.37. The summed E-state index contributed by atoms with van der Waals surface area (Å²) in [6, 6.07) is 1.61. The molecular weight excluding hydrogens is 422 g/mol. The number of benzene rings is 1. The summed E-state index contributed by atoms with van der Waals surface area (Å²) in [5.41, 5.74) is 2.62. The molecule has 1 aliphatic heterocycles. The summed E-state index contributed by atoms with van der Waals surface area (Å²) in [5.74, 6) is 0.362. The SMILES string of the molecule is CCCSC1=C(C(=O)c2cc(C)c3c(c2C)/C(=N/OC)CCS3(=O)=O)C(=O)CCC1. The molecule has 0 aromatic heterocycles. The number of rotatable bonds is 6. The van der Waals surface area contributed by atoms with Crippen LogP contribution in [0.2, 0.25) is 0 Å². The van der Waals surface area contributed by atoms with Crippen LogP contribution in [0.3, 0.4) is 0 Å². The molecule has 0 atom stereocenters. The molecule has 0 amide bonds. The lowest BCUT2D eigenvalue weighted by atomic mass is 9.86. The number of carbonyl (C=O) groups is 2. The summed E-state index contributed by atoms with van der Waals surface area (Å²) in [5, 5.41) is 4.03. The molecule has 1 aromatic carbocycles. The number of thioether (sulfide) groups is 1. The summed E-state index contributed by atoms with van der Waals surface area (Å²) in [7, 11) is -2.07. The Bertz CT molecular complexity index is 1070. The van der Waals surface area contributed by atoms with Crippen molar-refractivity contribution in [1.82, 2.24) is 0 Å². The summed E-state index contributed by atoms with van der Waals surface area (Å²) in [6.45, 7) is 5.48. The van der Waals surface area contributed by atoms with Crippen molar-refractivity contribution in [3.63, 3.8) is 0 Å². The Hall–Kier alpha value is -1.93. The van der Waals surface area contributed by atoms with Crippen LogP contribution < -0.4 is 0 Å². The van der Waals surface area contributed by atoms with E-state index in [0.717, 1.165) is 29.9 Å². The third-order valence-corrected chi connectivity index (χ3v) is 8.71. The van der Waals surface area contributed by atoms with Gasteiger partial charge in [0.15, 0.2) is 21.4 Å². The lowest BCUT2D eigenvalue weighted by Gasteiger charge is -2.24. The summed E-state index contributed by atoms with van der Waals surface area (Å²) in [4.78, 5) is 32.3. The Morgan fingerprint density at radius 1 is 1.23 bits per heavy atom. The van der Waals surface area contributed by atoms with E-state index in [1.807, 2.05) is 0 Å². The molecule has 0 radical (unpaired) electrons. The topological polar surface area (TPSA) is 89.9 Å². The molecule has 0 spiro atoms. The molecule has 6 nitrogen and oxygen atoms in total. The number of sulfone groups is 1. The Morgan fingerprint density at radius 2 is 1.97 bits per heavy atom. The molecule has 1 heterocycles. The van der Waals surface area contributed by atoms with E-state index in [-0.39, 0.29) is 34.2 Å². The van der Waals surface area contributed by atoms with E-state index in [0.29, 0.717) is 34.4 Å². The highest BCUT2D eigenvalue weighted by molar-refractivity contribution is 8.03. The molecule has 2 aliphatic rings. The number of hydrogen-bond donors (Lipinski definition) is 0. The van der Waals surface area contributed by atoms with Crippen molar-refractivity contribution in [3.05, 3.63) is 38.8 Å². The van der Waals surface area contributed by atoms with Crippen LogP contribution in [0.1, 0.15) is 66.1 Å². The summed E-state index contributed by atoms with van der Waals surface area (Å²) in [6.07, 6.45) is 3.03. The maximum absolute atomic E-state index is 13.6. The van der Waals surface area contributed by atoms with Gasteiger partial charge in [0.1, 0.15) is 7.11 Å². The van der Waals surface area contributed by atoms with E-state index in [2.05, 4.69) is 12.1 Å². The Balaban J connectivity index is 2.23. The minimum absolute atomic E-state index is 0.0444. The zero-order valence-electron chi connectivity index (χ0n) is 17.8. The highest BCUT2D eigenvalue weighted by Gasteiger charge is 2.35. The van der Waals surface area contributed by atoms with Crippen molar-refractivity contribution in [3.8, 4) is 0 Å². The molecule has 30 heavy (non-hydrogen) atoms. The maximum Gasteiger partial charge on any atom is 0.197 e. The fourth-order valence-electron chi connectivity index (χ4n) is 4.11. The van der Waals surface area contributed by atoms with Gasteiger partial charge in [-0.1, -0.05) is 12.1 Å². The molecule has 8 heteroatoms. The van der Waals surface area contributed by atoms with Gasteiger partial charge < -0.3 is 4.84 Å². The van der Waals surface area contributed by atoms with Gasteiger partial charge in [-0.2, -0.15) is 0 Å². The lowest BCUT2D eigenvalue weighted by molar-refractivity contribution is -0.115. The Morgan fingerprint density at radius 3 is 2.63 bits per heavy atom. The standard InChI is InChI=1S/C22H27NO5S2/c1-5-10-29-18-8-6-7-17(24)20(18)21(25)15-12-13(2)22-19(14(15)3)16(23-28-4)9-11-30(22,26)27/h12H,5-11H2,1-4H3/b23-16+. The van der Waals surface area contributed by atoms with Crippen molar-refractivity contribution < 1.29 is 22.8 Å². The largest absolute Gasteiger partial charge is 0.399 e. The van der Waals surface area contributed by atoms with Crippen molar-refractivity contribution in [2.45, 2.75) is 57.8 Å². The smallest absolute Gasteiger partial charge is 0.197 e. The molecule has 1 aliphatic carbocycles. The Kier molecular flexibility index (Phi) is 6.87. The van der Waals surface area contributed by atoms with E-state index in [4.69, 9.17) is 4.84 Å². The first-order chi connectivity index (χ1) is 14.2. The van der Waals surface area contributed by atoms with E-state index >= 15 is 0 Å². The van der Waals surface area contributed by atoms with Crippen molar-refractivity contribution >= 4 is 38.9 Å². The average molecular weight is 450 g/mol. The molecule has 3 rings (SSSR count). The number of nitrogens with zero attached hydrogens (tertiary/aromatic N) is 1. The molecule has 0 unspecified atom stereocenters. The van der Waals surface area contributed by atoms with Crippen molar-refractivity contribution in [1.29, 1.82) is 0 Å². The second-order valence-electron chi connectivity index (χ2n) is 7.61. The first-order valence-electron chi connectivity index (χ1n) is 10.1. The van der Waals surface area contributed by atoms with Crippen LogP contribution >= 0.6 is 11.8 Å².